The minimum absolute atomic E-state index is 0.0926. The van der Waals surface area contributed by atoms with E-state index in [1.807, 2.05) is 33.8 Å². The Morgan fingerprint density at radius 1 is 1.32 bits per heavy atom. The van der Waals surface area contributed by atoms with Crippen LogP contribution in [0.4, 0.5) is 14.9 Å². The van der Waals surface area contributed by atoms with Gasteiger partial charge in [-0.15, -0.1) is 0 Å². The highest BCUT2D eigenvalue weighted by molar-refractivity contribution is 9.10. The summed E-state index contributed by atoms with van der Waals surface area (Å²) in [7, 11) is 0. The number of carbonyl (C=O) groups excluding carboxylic acids is 1. The van der Waals surface area contributed by atoms with Gasteiger partial charge in [0.1, 0.15) is 11.4 Å². The van der Waals surface area contributed by atoms with Crippen molar-refractivity contribution in [2.24, 2.45) is 0 Å². The summed E-state index contributed by atoms with van der Waals surface area (Å²) < 4.78 is 19.7. The Balaban J connectivity index is 2.05. The topological polar surface area (TPSA) is 32.8 Å². The number of hydrogen-bond acceptors (Lipinski definition) is 3. The summed E-state index contributed by atoms with van der Waals surface area (Å²) in [5.41, 5.74) is 0.327. The Morgan fingerprint density at radius 2 is 2.00 bits per heavy atom. The van der Waals surface area contributed by atoms with E-state index in [4.69, 9.17) is 4.74 Å². The fourth-order valence-electron chi connectivity index (χ4n) is 2.54. The number of nitrogens with zero attached hydrogens (tertiary/aromatic N) is 2. The molecule has 1 fully saturated rings. The van der Waals surface area contributed by atoms with Gasteiger partial charge in [-0.2, -0.15) is 0 Å². The number of benzene rings is 1. The molecule has 0 aromatic heterocycles. The van der Waals surface area contributed by atoms with Gasteiger partial charge < -0.3 is 14.5 Å². The highest BCUT2D eigenvalue weighted by Gasteiger charge is 2.30. The molecule has 4 nitrogen and oxygen atoms in total. The van der Waals surface area contributed by atoms with Crippen LogP contribution in [0.2, 0.25) is 0 Å². The highest BCUT2D eigenvalue weighted by atomic mass is 79.9. The van der Waals surface area contributed by atoms with E-state index in [0.29, 0.717) is 24.1 Å². The van der Waals surface area contributed by atoms with Crippen molar-refractivity contribution < 1.29 is 13.9 Å². The maximum absolute atomic E-state index is 13.6. The summed E-state index contributed by atoms with van der Waals surface area (Å²) in [6.45, 7) is 9.36. The molecule has 2 rings (SSSR count). The number of hydrogen-bond donors (Lipinski definition) is 0. The normalized spacial score (nSPS) is 19.3. The number of halogens is 2. The van der Waals surface area contributed by atoms with Crippen LogP contribution < -0.4 is 4.90 Å². The zero-order valence-corrected chi connectivity index (χ0v) is 15.0. The predicted molar refractivity (Wildman–Crippen MR) is 88.7 cm³/mol. The van der Waals surface area contributed by atoms with Crippen LogP contribution in [-0.2, 0) is 4.74 Å². The van der Waals surface area contributed by atoms with Gasteiger partial charge in [0.2, 0.25) is 0 Å². The molecule has 1 heterocycles. The molecule has 1 amide bonds. The van der Waals surface area contributed by atoms with Crippen molar-refractivity contribution in [2.45, 2.75) is 39.3 Å². The summed E-state index contributed by atoms with van der Waals surface area (Å²) in [4.78, 5) is 15.9. The Kier molecular flexibility index (Phi) is 5.00. The fraction of sp³-hybridized carbons (Fsp3) is 0.562. The molecule has 22 heavy (non-hydrogen) atoms. The fourth-order valence-corrected chi connectivity index (χ4v) is 2.99. The predicted octanol–water partition coefficient (Wildman–Crippen LogP) is 4.03. The van der Waals surface area contributed by atoms with Gasteiger partial charge in [0, 0.05) is 35.8 Å². The summed E-state index contributed by atoms with van der Waals surface area (Å²) >= 11 is 3.32. The van der Waals surface area contributed by atoms with Crippen molar-refractivity contribution in [2.75, 3.05) is 24.5 Å². The van der Waals surface area contributed by atoms with E-state index < -0.39 is 5.60 Å². The monoisotopic (exact) mass is 372 g/mol. The third-order valence-electron chi connectivity index (χ3n) is 3.46. The van der Waals surface area contributed by atoms with Gasteiger partial charge in [0.15, 0.2) is 0 Å². The average Bonchev–Trinajstić information content (AvgIpc) is 2.35. The SMILES string of the molecule is C[C@H]1CN(C(=O)OC(C)(C)C)CCN1c1cc(F)cc(Br)c1. The molecule has 0 radical (unpaired) electrons. The lowest BCUT2D eigenvalue weighted by atomic mass is 10.1. The Labute approximate surface area is 139 Å². The van der Waals surface area contributed by atoms with Gasteiger partial charge in [0.25, 0.3) is 0 Å². The minimum atomic E-state index is -0.495. The van der Waals surface area contributed by atoms with E-state index in [1.165, 1.54) is 12.1 Å². The van der Waals surface area contributed by atoms with Crippen molar-refractivity contribution in [3.63, 3.8) is 0 Å². The van der Waals surface area contributed by atoms with Crippen LogP contribution in [0.1, 0.15) is 27.7 Å². The summed E-state index contributed by atoms with van der Waals surface area (Å²) in [5.74, 6) is -0.272. The number of rotatable bonds is 1. The molecule has 0 spiro atoms. The molecule has 1 saturated heterocycles. The van der Waals surface area contributed by atoms with Gasteiger partial charge in [-0.3, -0.25) is 0 Å². The smallest absolute Gasteiger partial charge is 0.410 e. The first-order chi connectivity index (χ1) is 10.2. The van der Waals surface area contributed by atoms with Crippen LogP contribution in [0.3, 0.4) is 0 Å². The summed E-state index contributed by atoms with van der Waals surface area (Å²) in [6.07, 6.45) is -0.292. The number of carbonyl (C=O) groups is 1. The number of ether oxygens (including phenoxy) is 1. The van der Waals surface area contributed by atoms with Crippen molar-refractivity contribution in [1.29, 1.82) is 0 Å². The van der Waals surface area contributed by atoms with Crippen LogP contribution in [-0.4, -0.2) is 42.3 Å². The molecule has 0 saturated carbocycles. The van der Waals surface area contributed by atoms with Crippen LogP contribution in [0, 0.1) is 5.82 Å². The maximum atomic E-state index is 13.6. The molecule has 0 unspecified atom stereocenters. The molecular weight excluding hydrogens is 351 g/mol. The molecule has 0 N–H and O–H groups in total. The van der Waals surface area contributed by atoms with E-state index in [1.54, 1.807) is 4.90 Å². The van der Waals surface area contributed by atoms with Gasteiger partial charge >= 0.3 is 6.09 Å². The lowest BCUT2D eigenvalue weighted by Gasteiger charge is -2.41. The van der Waals surface area contributed by atoms with E-state index >= 15 is 0 Å². The van der Waals surface area contributed by atoms with Crippen molar-refractivity contribution in [1.82, 2.24) is 4.90 Å². The molecule has 6 heteroatoms. The van der Waals surface area contributed by atoms with Crippen LogP contribution >= 0.6 is 15.9 Å². The van der Waals surface area contributed by atoms with Crippen LogP contribution in [0.25, 0.3) is 0 Å². The molecule has 1 aliphatic heterocycles. The second kappa shape index (κ2) is 6.44. The second-order valence-electron chi connectivity index (χ2n) is 6.60. The molecule has 1 aliphatic rings. The van der Waals surface area contributed by atoms with Gasteiger partial charge in [0.05, 0.1) is 0 Å². The van der Waals surface area contributed by atoms with Crippen LogP contribution in [0.15, 0.2) is 22.7 Å². The third-order valence-corrected chi connectivity index (χ3v) is 3.92. The van der Waals surface area contributed by atoms with Crippen molar-refractivity contribution in [3.05, 3.63) is 28.5 Å². The standard InChI is InChI=1S/C16H22BrFN2O2/c1-11-10-19(15(21)22-16(2,3)4)5-6-20(11)14-8-12(17)7-13(18)9-14/h7-9,11H,5-6,10H2,1-4H3/t11-/m0/s1. The molecule has 1 aromatic rings. The zero-order chi connectivity index (χ0) is 16.5. The molecule has 0 aliphatic carbocycles. The van der Waals surface area contributed by atoms with E-state index in [0.717, 1.165) is 5.69 Å². The van der Waals surface area contributed by atoms with Crippen LogP contribution in [0.5, 0.6) is 0 Å². The lowest BCUT2D eigenvalue weighted by molar-refractivity contribution is 0.0219. The first-order valence-electron chi connectivity index (χ1n) is 7.36. The minimum Gasteiger partial charge on any atom is -0.444 e. The van der Waals surface area contributed by atoms with Gasteiger partial charge in [-0.25, -0.2) is 9.18 Å². The Hall–Kier alpha value is -1.30. The first kappa shape index (κ1) is 17.1. The summed E-state index contributed by atoms with van der Waals surface area (Å²) in [6, 6.07) is 4.94. The van der Waals surface area contributed by atoms with Gasteiger partial charge in [-0.05, 0) is 45.9 Å². The Bertz CT molecular complexity index is 539. The average molecular weight is 373 g/mol. The first-order valence-corrected chi connectivity index (χ1v) is 8.16. The van der Waals surface area contributed by atoms with E-state index in [9.17, 15) is 9.18 Å². The number of amides is 1. The largest absolute Gasteiger partial charge is 0.444 e. The Morgan fingerprint density at radius 3 is 2.55 bits per heavy atom. The van der Waals surface area contributed by atoms with E-state index in [-0.39, 0.29) is 18.0 Å². The molecule has 1 aromatic carbocycles. The number of piperazine rings is 1. The van der Waals surface area contributed by atoms with Crippen molar-refractivity contribution >= 4 is 27.7 Å². The molecule has 0 bridgehead atoms. The zero-order valence-electron chi connectivity index (χ0n) is 13.4. The summed E-state index contributed by atoms with van der Waals surface area (Å²) in [5, 5.41) is 0. The van der Waals surface area contributed by atoms with Crippen molar-refractivity contribution in [3.8, 4) is 0 Å². The third kappa shape index (κ3) is 4.35. The quantitative estimate of drug-likeness (QED) is 0.745. The van der Waals surface area contributed by atoms with Gasteiger partial charge in [-0.1, -0.05) is 15.9 Å². The molecular formula is C16H22BrFN2O2. The highest BCUT2D eigenvalue weighted by Crippen LogP contribution is 2.26. The molecule has 122 valence electrons. The lowest BCUT2D eigenvalue weighted by Crippen LogP contribution is -2.54. The number of anilines is 1. The maximum Gasteiger partial charge on any atom is 0.410 e. The second-order valence-corrected chi connectivity index (χ2v) is 7.51. The van der Waals surface area contributed by atoms with E-state index in [2.05, 4.69) is 20.8 Å². The molecule has 1 atom stereocenters.